The minimum atomic E-state index is -0.212. The van der Waals surface area contributed by atoms with Gasteiger partial charge >= 0.3 is 0 Å². The Kier molecular flexibility index (Phi) is 3.95. The van der Waals surface area contributed by atoms with Gasteiger partial charge in [-0.15, -0.1) is 0 Å². The van der Waals surface area contributed by atoms with Crippen LogP contribution in [0.1, 0.15) is 17.3 Å². The summed E-state index contributed by atoms with van der Waals surface area (Å²) in [6.07, 6.45) is 0. The Labute approximate surface area is 91.1 Å². The maximum absolute atomic E-state index is 11.2. The normalized spacial score (nSPS) is 9.64. The second-order valence-electron chi connectivity index (χ2n) is 2.54. The van der Waals surface area contributed by atoms with Crippen LogP contribution in [0.3, 0.4) is 0 Å². The lowest BCUT2D eigenvalue weighted by atomic mass is 10.2. The van der Waals surface area contributed by atoms with Gasteiger partial charge in [-0.25, -0.2) is 0 Å². The van der Waals surface area contributed by atoms with Crippen molar-refractivity contribution in [2.24, 2.45) is 0 Å². The highest BCUT2D eigenvalue weighted by atomic mass is 79.9. The Bertz CT molecular complexity index is 336. The fraction of sp³-hybridized carbons (Fsp3) is 0.300. The first-order valence-electron chi connectivity index (χ1n) is 4.20. The van der Waals surface area contributed by atoms with E-state index in [0.717, 1.165) is 0 Å². The van der Waals surface area contributed by atoms with Crippen LogP contribution in [-0.2, 0) is 0 Å². The summed E-state index contributed by atoms with van der Waals surface area (Å²) in [5, 5.41) is 0. The van der Waals surface area contributed by atoms with Crippen molar-refractivity contribution in [3.8, 4) is 11.5 Å². The molecule has 0 atom stereocenters. The van der Waals surface area contributed by atoms with Crippen molar-refractivity contribution >= 4 is 20.6 Å². The summed E-state index contributed by atoms with van der Waals surface area (Å²) in [5.41, 5.74) is 0.471. The van der Waals surface area contributed by atoms with E-state index in [1.54, 1.807) is 18.2 Å². The maximum atomic E-state index is 11.2. The summed E-state index contributed by atoms with van der Waals surface area (Å²) in [5.74, 6) is 1.05. The summed E-state index contributed by atoms with van der Waals surface area (Å²) in [6.45, 7) is 2.42. The molecule has 0 aliphatic carbocycles. The number of hydrogen-bond acceptors (Lipinski definition) is 3. The molecule has 0 aliphatic heterocycles. The molecular weight excluding hydrogens is 248 g/mol. The number of methoxy groups -OCH3 is 1. The lowest BCUT2D eigenvalue weighted by molar-refractivity contribution is 0.109. The highest BCUT2D eigenvalue weighted by Gasteiger charge is 2.13. The van der Waals surface area contributed by atoms with Crippen molar-refractivity contribution in [2.75, 3.05) is 13.7 Å². The quantitative estimate of drug-likeness (QED) is 0.780. The average molecular weight is 259 g/mol. The Morgan fingerprint density at radius 2 is 2.21 bits per heavy atom. The van der Waals surface area contributed by atoms with Gasteiger partial charge in [-0.05, 0) is 35.0 Å². The largest absolute Gasteiger partial charge is 0.492 e. The fourth-order valence-corrected chi connectivity index (χ4v) is 1.46. The Balaban J connectivity index is 3.17. The number of hydrogen-bond donors (Lipinski definition) is 0. The fourth-order valence-electron chi connectivity index (χ4n) is 1.15. The second-order valence-corrected chi connectivity index (χ2v) is 3.26. The number of carbonyl (C=O) groups is 1. The zero-order valence-corrected chi connectivity index (χ0v) is 9.63. The van der Waals surface area contributed by atoms with Crippen LogP contribution in [0.5, 0.6) is 11.5 Å². The van der Waals surface area contributed by atoms with E-state index in [1.807, 2.05) is 6.92 Å². The number of halogens is 1. The predicted octanol–water partition coefficient (Wildman–Crippen LogP) is 2.63. The first-order valence-corrected chi connectivity index (χ1v) is 4.99. The Morgan fingerprint density at radius 3 is 2.71 bits per heavy atom. The van der Waals surface area contributed by atoms with Gasteiger partial charge in [0.15, 0.2) is 11.5 Å². The molecule has 1 aromatic rings. The molecule has 0 heterocycles. The molecule has 0 spiro atoms. The van der Waals surface area contributed by atoms with E-state index in [4.69, 9.17) is 9.47 Å². The number of ether oxygens (including phenoxy) is 2. The number of benzene rings is 1. The highest BCUT2D eigenvalue weighted by Crippen LogP contribution is 2.32. The standard InChI is InChI=1S/C10H11BrO3/c1-3-14-8-6-4-5-7(10(11)12)9(8)13-2/h4-6H,3H2,1-2H3. The second kappa shape index (κ2) is 5.00. The number of para-hydroxylation sites is 1. The summed E-state index contributed by atoms with van der Waals surface area (Å²) in [7, 11) is 1.51. The molecule has 0 unspecified atom stereocenters. The van der Waals surface area contributed by atoms with Crippen molar-refractivity contribution in [2.45, 2.75) is 6.92 Å². The SMILES string of the molecule is CCOc1cccc(C(=O)Br)c1OC. The van der Waals surface area contributed by atoms with E-state index in [0.29, 0.717) is 23.7 Å². The van der Waals surface area contributed by atoms with Crippen LogP contribution in [0.2, 0.25) is 0 Å². The molecule has 0 amide bonds. The van der Waals surface area contributed by atoms with Gasteiger partial charge in [0, 0.05) is 0 Å². The van der Waals surface area contributed by atoms with Gasteiger partial charge in [0.05, 0.1) is 19.3 Å². The minimum absolute atomic E-state index is 0.212. The van der Waals surface area contributed by atoms with Crippen molar-refractivity contribution in [1.82, 2.24) is 0 Å². The van der Waals surface area contributed by atoms with Crippen LogP contribution >= 0.6 is 15.9 Å². The van der Waals surface area contributed by atoms with E-state index in [2.05, 4.69) is 15.9 Å². The Hall–Kier alpha value is -1.03. The van der Waals surface area contributed by atoms with E-state index in [1.165, 1.54) is 7.11 Å². The molecule has 14 heavy (non-hydrogen) atoms. The monoisotopic (exact) mass is 258 g/mol. The molecule has 1 aromatic carbocycles. The third kappa shape index (κ3) is 2.26. The van der Waals surface area contributed by atoms with Crippen LogP contribution in [0, 0.1) is 0 Å². The molecule has 0 fully saturated rings. The summed E-state index contributed by atoms with van der Waals surface area (Å²) in [6, 6.07) is 5.20. The van der Waals surface area contributed by atoms with Gasteiger partial charge in [-0.3, -0.25) is 4.79 Å². The van der Waals surface area contributed by atoms with Crippen molar-refractivity contribution in [3.05, 3.63) is 23.8 Å². The van der Waals surface area contributed by atoms with E-state index in [9.17, 15) is 4.79 Å². The molecule has 3 nitrogen and oxygen atoms in total. The third-order valence-electron chi connectivity index (χ3n) is 1.69. The molecule has 0 aliphatic rings. The molecule has 76 valence electrons. The molecule has 0 radical (unpaired) electrons. The van der Waals surface area contributed by atoms with E-state index in [-0.39, 0.29) is 4.69 Å². The first kappa shape index (κ1) is 11.0. The van der Waals surface area contributed by atoms with Gasteiger partial charge < -0.3 is 9.47 Å². The molecule has 0 bridgehead atoms. The summed E-state index contributed by atoms with van der Waals surface area (Å²) >= 11 is 2.88. The maximum Gasteiger partial charge on any atom is 0.231 e. The van der Waals surface area contributed by atoms with E-state index >= 15 is 0 Å². The molecule has 0 saturated carbocycles. The molecule has 4 heteroatoms. The average Bonchev–Trinajstić information content (AvgIpc) is 2.18. The smallest absolute Gasteiger partial charge is 0.231 e. The zero-order valence-electron chi connectivity index (χ0n) is 8.04. The van der Waals surface area contributed by atoms with Crippen LogP contribution < -0.4 is 9.47 Å². The van der Waals surface area contributed by atoms with Gasteiger partial charge in [-0.1, -0.05) is 6.07 Å². The lowest BCUT2D eigenvalue weighted by Gasteiger charge is -2.11. The van der Waals surface area contributed by atoms with Gasteiger partial charge in [0.25, 0.3) is 0 Å². The van der Waals surface area contributed by atoms with Crippen molar-refractivity contribution < 1.29 is 14.3 Å². The zero-order chi connectivity index (χ0) is 10.6. The van der Waals surface area contributed by atoms with Crippen LogP contribution in [-0.4, -0.2) is 18.4 Å². The van der Waals surface area contributed by atoms with Gasteiger partial charge in [0.1, 0.15) is 0 Å². The van der Waals surface area contributed by atoms with Gasteiger partial charge in [0.2, 0.25) is 4.69 Å². The highest BCUT2D eigenvalue weighted by molar-refractivity contribution is 9.18. The van der Waals surface area contributed by atoms with Crippen molar-refractivity contribution in [3.63, 3.8) is 0 Å². The van der Waals surface area contributed by atoms with Crippen LogP contribution in [0.25, 0.3) is 0 Å². The van der Waals surface area contributed by atoms with Crippen molar-refractivity contribution in [1.29, 1.82) is 0 Å². The first-order chi connectivity index (χ1) is 6.70. The molecule has 0 aromatic heterocycles. The van der Waals surface area contributed by atoms with Crippen LogP contribution in [0.15, 0.2) is 18.2 Å². The predicted molar refractivity (Wildman–Crippen MR) is 57.4 cm³/mol. The third-order valence-corrected chi connectivity index (χ3v) is 2.12. The molecule has 0 N–H and O–H groups in total. The van der Waals surface area contributed by atoms with Gasteiger partial charge in [-0.2, -0.15) is 0 Å². The topological polar surface area (TPSA) is 35.5 Å². The van der Waals surface area contributed by atoms with Crippen LogP contribution in [0.4, 0.5) is 0 Å². The molecule has 0 saturated heterocycles. The van der Waals surface area contributed by atoms with E-state index < -0.39 is 0 Å². The number of carbonyl (C=O) groups excluding carboxylic acids is 1. The summed E-state index contributed by atoms with van der Waals surface area (Å²) < 4.78 is 10.2. The lowest BCUT2D eigenvalue weighted by Crippen LogP contribution is -2.00. The number of rotatable bonds is 4. The Morgan fingerprint density at radius 1 is 1.50 bits per heavy atom. The molecular formula is C10H11BrO3. The molecule has 1 rings (SSSR count). The summed E-state index contributed by atoms with van der Waals surface area (Å²) in [4.78, 5) is 11.2. The minimum Gasteiger partial charge on any atom is -0.492 e.